The summed E-state index contributed by atoms with van der Waals surface area (Å²) in [6.07, 6.45) is 3.03. The fraction of sp³-hybridized carbons (Fsp3) is 0.200. The van der Waals surface area contributed by atoms with Gasteiger partial charge in [0.2, 0.25) is 15.9 Å². The van der Waals surface area contributed by atoms with Crippen LogP contribution < -0.4 is 5.32 Å². The van der Waals surface area contributed by atoms with E-state index in [0.717, 1.165) is 16.1 Å². The van der Waals surface area contributed by atoms with E-state index in [2.05, 4.69) is 10.3 Å². The average Bonchev–Trinajstić information content (AvgIpc) is 3.45. The molecule has 1 saturated heterocycles. The summed E-state index contributed by atoms with van der Waals surface area (Å²) in [6, 6.07) is 10.4. The molecular formula is C20H19N3O4S3. The first-order valence-corrected chi connectivity index (χ1v) is 12.4. The van der Waals surface area contributed by atoms with E-state index in [-0.39, 0.29) is 10.8 Å². The summed E-state index contributed by atoms with van der Waals surface area (Å²) in [4.78, 5) is 17.9. The monoisotopic (exact) mass is 461 g/mol. The second-order valence-electron chi connectivity index (χ2n) is 6.42. The first-order valence-electron chi connectivity index (χ1n) is 9.19. The number of benzene rings is 1. The Hall–Kier alpha value is -2.37. The fourth-order valence-corrected chi connectivity index (χ4v) is 5.76. The van der Waals surface area contributed by atoms with Crippen molar-refractivity contribution in [3.63, 3.8) is 0 Å². The van der Waals surface area contributed by atoms with Crippen molar-refractivity contribution in [2.45, 2.75) is 4.90 Å². The SMILES string of the molecule is O=C(/C=C\c1ccc(S(=O)(=O)N2CCOCC2)cc1)Nc1nc(-c2cccs2)cs1. The van der Waals surface area contributed by atoms with Gasteiger partial charge in [0.25, 0.3) is 0 Å². The van der Waals surface area contributed by atoms with E-state index in [1.54, 1.807) is 41.7 Å². The number of sulfonamides is 1. The predicted octanol–water partition coefficient (Wildman–Crippen LogP) is 3.54. The number of carbonyl (C=O) groups is 1. The number of aromatic nitrogens is 1. The summed E-state index contributed by atoms with van der Waals surface area (Å²) in [5.74, 6) is -0.299. The van der Waals surface area contributed by atoms with Gasteiger partial charge in [-0.2, -0.15) is 4.31 Å². The van der Waals surface area contributed by atoms with Gasteiger partial charge in [0.15, 0.2) is 5.13 Å². The molecule has 0 spiro atoms. The van der Waals surface area contributed by atoms with E-state index in [4.69, 9.17) is 4.74 Å². The Bertz CT molecular complexity index is 1130. The zero-order valence-electron chi connectivity index (χ0n) is 15.9. The van der Waals surface area contributed by atoms with Gasteiger partial charge in [-0.05, 0) is 35.2 Å². The maximum Gasteiger partial charge on any atom is 0.250 e. The molecule has 0 aliphatic carbocycles. The quantitative estimate of drug-likeness (QED) is 0.567. The van der Waals surface area contributed by atoms with Crippen molar-refractivity contribution in [3.05, 3.63) is 58.8 Å². The van der Waals surface area contributed by atoms with Crippen LogP contribution in [0.25, 0.3) is 16.6 Å². The molecule has 0 saturated carbocycles. The van der Waals surface area contributed by atoms with Crippen molar-refractivity contribution in [2.75, 3.05) is 31.6 Å². The van der Waals surface area contributed by atoms with Gasteiger partial charge in [0, 0.05) is 24.5 Å². The minimum absolute atomic E-state index is 0.231. The van der Waals surface area contributed by atoms with Crippen molar-refractivity contribution < 1.29 is 17.9 Å². The molecule has 1 fully saturated rings. The summed E-state index contributed by atoms with van der Waals surface area (Å²) in [6.45, 7) is 1.52. The Kier molecular flexibility index (Phi) is 6.40. The number of nitrogens with zero attached hydrogens (tertiary/aromatic N) is 2. The van der Waals surface area contributed by atoms with Gasteiger partial charge in [0.05, 0.1) is 28.7 Å². The minimum Gasteiger partial charge on any atom is -0.379 e. The Labute approximate surface area is 182 Å². The molecule has 3 aromatic rings. The Morgan fingerprint density at radius 1 is 1.13 bits per heavy atom. The van der Waals surface area contributed by atoms with Crippen LogP contribution in [-0.4, -0.2) is 49.9 Å². The van der Waals surface area contributed by atoms with Gasteiger partial charge < -0.3 is 4.74 Å². The van der Waals surface area contributed by atoms with E-state index in [1.807, 2.05) is 22.9 Å². The second-order valence-corrected chi connectivity index (χ2v) is 10.2. The molecule has 0 atom stereocenters. The number of thiazole rings is 1. The largest absolute Gasteiger partial charge is 0.379 e. The molecule has 30 heavy (non-hydrogen) atoms. The van der Waals surface area contributed by atoms with Gasteiger partial charge in [-0.25, -0.2) is 13.4 Å². The highest BCUT2D eigenvalue weighted by Crippen LogP contribution is 2.28. The number of morpholine rings is 1. The Morgan fingerprint density at radius 2 is 1.90 bits per heavy atom. The van der Waals surface area contributed by atoms with Crippen LogP contribution >= 0.6 is 22.7 Å². The van der Waals surface area contributed by atoms with Crippen molar-refractivity contribution in [2.24, 2.45) is 0 Å². The number of anilines is 1. The van der Waals surface area contributed by atoms with Gasteiger partial charge >= 0.3 is 0 Å². The van der Waals surface area contributed by atoms with Crippen LogP contribution in [0.15, 0.2) is 58.1 Å². The molecule has 4 rings (SSSR count). The lowest BCUT2D eigenvalue weighted by molar-refractivity contribution is -0.111. The maximum atomic E-state index is 12.6. The molecular weight excluding hydrogens is 442 g/mol. The molecule has 7 nitrogen and oxygen atoms in total. The molecule has 0 bridgehead atoms. The van der Waals surface area contributed by atoms with Gasteiger partial charge in [-0.1, -0.05) is 18.2 Å². The zero-order valence-corrected chi connectivity index (χ0v) is 18.3. The number of hydrogen-bond donors (Lipinski definition) is 1. The smallest absolute Gasteiger partial charge is 0.250 e. The van der Waals surface area contributed by atoms with Crippen LogP contribution in [0.1, 0.15) is 5.56 Å². The number of carbonyl (C=O) groups excluding carboxylic acids is 1. The molecule has 1 aromatic carbocycles. The van der Waals surface area contributed by atoms with E-state index in [0.29, 0.717) is 31.4 Å². The summed E-state index contributed by atoms with van der Waals surface area (Å²) in [5, 5.41) is 7.15. The Balaban J connectivity index is 1.37. The fourth-order valence-electron chi connectivity index (χ4n) is 2.87. The molecule has 1 amide bonds. The summed E-state index contributed by atoms with van der Waals surface area (Å²) >= 11 is 2.96. The number of rotatable bonds is 6. The number of nitrogens with one attached hydrogen (secondary N) is 1. The molecule has 2 aromatic heterocycles. The summed E-state index contributed by atoms with van der Waals surface area (Å²) < 4.78 is 31.9. The average molecular weight is 462 g/mol. The van der Waals surface area contributed by atoms with Crippen LogP contribution in [-0.2, 0) is 19.6 Å². The highest BCUT2D eigenvalue weighted by molar-refractivity contribution is 7.89. The molecule has 1 N–H and O–H groups in total. The van der Waals surface area contributed by atoms with Crippen LogP contribution in [0.3, 0.4) is 0 Å². The van der Waals surface area contributed by atoms with Gasteiger partial charge in [0.1, 0.15) is 0 Å². The molecule has 156 valence electrons. The maximum absolute atomic E-state index is 12.6. The normalized spacial score (nSPS) is 15.5. The Morgan fingerprint density at radius 3 is 2.60 bits per heavy atom. The number of ether oxygens (including phenoxy) is 1. The highest BCUT2D eigenvalue weighted by Gasteiger charge is 2.25. The van der Waals surface area contributed by atoms with Crippen LogP contribution in [0.4, 0.5) is 5.13 Å². The molecule has 3 heterocycles. The van der Waals surface area contributed by atoms with Crippen LogP contribution in [0, 0.1) is 0 Å². The third-order valence-electron chi connectivity index (χ3n) is 4.42. The minimum atomic E-state index is -3.52. The van der Waals surface area contributed by atoms with Crippen molar-refractivity contribution in [3.8, 4) is 10.6 Å². The third-order valence-corrected chi connectivity index (χ3v) is 7.99. The lowest BCUT2D eigenvalue weighted by Gasteiger charge is -2.26. The van der Waals surface area contributed by atoms with Gasteiger partial charge in [-0.3, -0.25) is 10.1 Å². The molecule has 0 unspecified atom stereocenters. The summed E-state index contributed by atoms with van der Waals surface area (Å²) in [7, 11) is -3.52. The van der Waals surface area contributed by atoms with Crippen molar-refractivity contribution in [1.29, 1.82) is 0 Å². The zero-order chi connectivity index (χ0) is 21.0. The standard InChI is InChI=1S/C20H19N3O4S3/c24-19(22-20-21-17(14-29-20)18-2-1-13-28-18)8-5-15-3-6-16(7-4-15)30(25,26)23-9-11-27-12-10-23/h1-8,13-14H,9-12H2,(H,21,22,24)/b8-5-. The van der Waals surface area contributed by atoms with Gasteiger partial charge in [-0.15, -0.1) is 22.7 Å². The molecule has 1 aliphatic heterocycles. The van der Waals surface area contributed by atoms with Crippen LogP contribution in [0.2, 0.25) is 0 Å². The number of thiophene rings is 1. The van der Waals surface area contributed by atoms with Crippen molar-refractivity contribution >= 4 is 49.8 Å². The lowest BCUT2D eigenvalue weighted by Crippen LogP contribution is -2.40. The van der Waals surface area contributed by atoms with E-state index in [1.165, 1.54) is 21.7 Å². The molecule has 1 aliphatic rings. The number of amides is 1. The molecule has 0 radical (unpaired) electrons. The highest BCUT2D eigenvalue weighted by atomic mass is 32.2. The number of hydrogen-bond acceptors (Lipinski definition) is 7. The lowest BCUT2D eigenvalue weighted by atomic mass is 10.2. The van der Waals surface area contributed by atoms with E-state index < -0.39 is 10.0 Å². The van der Waals surface area contributed by atoms with E-state index in [9.17, 15) is 13.2 Å². The van der Waals surface area contributed by atoms with Crippen LogP contribution in [0.5, 0.6) is 0 Å². The third kappa shape index (κ3) is 4.85. The second kappa shape index (κ2) is 9.19. The topological polar surface area (TPSA) is 88.6 Å². The first-order chi connectivity index (χ1) is 14.5. The predicted molar refractivity (Wildman–Crippen MR) is 119 cm³/mol. The first kappa shape index (κ1) is 20.9. The van der Waals surface area contributed by atoms with Crippen molar-refractivity contribution in [1.82, 2.24) is 9.29 Å². The summed E-state index contributed by atoms with van der Waals surface area (Å²) in [5.41, 5.74) is 1.57. The molecule has 10 heteroatoms. The van der Waals surface area contributed by atoms with E-state index >= 15 is 0 Å².